The summed E-state index contributed by atoms with van der Waals surface area (Å²) < 4.78 is 18.8. The van der Waals surface area contributed by atoms with Crippen LogP contribution in [0.3, 0.4) is 0 Å². The minimum absolute atomic E-state index is 0.243. The Kier molecular flexibility index (Phi) is 7.53. The van der Waals surface area contributed by atoms with E-state index in [2.05, 4.69) is 13.8 Å². The second kappa shape index (κ2) is 9.88. The lowest BCUT2D eigenvalue weighted by Crippen LogP contribution is -2.42. The number of benzene rings is 1. The standard InChI is InChI=1S/C27H40N2O5/c1-18(2)22-16-29(25(31)34-27(6,7)8)23-10-9-20(15-21(22)23)32-17-19-11-13-28(14-12-19)24(30)33-26(3,4)5/h9-10,15-16,18-19H,11-14,17H2,1-8H3. The maximum absolute atomic E-state index is 12.8. The molecule has 0 unspecified atom stereocenters. The van der Waals surface area contributed by atoms with Crippen molar-refractivity contribution in [2.75, 3.05) is 19.7 Å². The average Bonchev–Trinajstić information content (AvgIpc) is 3.09. The van der Waals surface area contributed by atoms with Gasteiger partial charge in [-0.2, -0.15) is 0 Å². The summed E-state index contributed by atoms with van der Waals surface area (Å²) in [6.45, 7) is 17.4. The molecule has 7 nitrogen and oxygen atoms in total. The minimum atomic E-state index is -0.562. The maximum Gasteiger partial charge on any atom is 0.419 e. The molecular formula is C27H40N2O5. The Labute approximate surface area is 203 Å². The van der Waals surface area contributed by atoms with E-state index in [0.717, 1.165) is 35.1 Å². The van der Waals surface area contributed by atoms with Crippen molar-refractivity contribution < 1.29 is 23.8 Å². The third-order valence-electron chi connectivity index (χ3n) is 5.77. The van der Waals surface area contributed by atoms with Crippen LogP contribution in [0.4, 0.5) is 9.59 Å². The van der Waals surface area contributed by atoms with Gasteiger partial charge in [-0.1, -0.05) is 13.8 Å². The SMILES string of the molecule is CC(C)c1cn(C(=O)OC(C)(C)C)c2ccc(OCC3CCN(C(=O)OC(C)(C)C)CC3)cc12. The first-order valence-corrected chi connectivity index (χ1v) is 12.2. The summed E-state index contributed by atoms with van der Waals surface area (Å²) in [6, 6.07) is 5.84. The molecule has 2 heterocycles. The van der Waals surface area contributed by atoms with Crippen LogP contribution in [0.15, 0.2) is 24.4 Å². The molecule has 0 N–H and O–H groups in total. The van der Waals surface area contributed by atoms with Gasteiger partial charge in [-0.3, -0.25) is 4.57 Å². The van der Waals surface area contributed by atoms with Crippen molar-refractivity contribution in [1.82, 2.24) is 9.47 Å². The van der Waals surface area contributed by atoms with Crippen molar-refractivity contribution >= 4 is 23.1 Å². The molecule has 0 aliphatic carbocycles. The highest BCUT2D eigenvalue weighted by Crippen LogP contribution is 2.32. The molecule has 0 atom stereocenters. The molecule has 1 aliphatic heterocycles. The smallest absolute Gasteiger partial charge is 0.419 e. The number of hydrogen-bond acceptors (Lipinski definition) is 5. The van der Waals surface area contributed by atoms with Crippen molar-refractivity contribution in [3.05, 3.63) is 30.0 Å². The van der Waals surface area contributed by atoms with Gasteiger partial charge in [0.1, 0.15) is 17.0 Å². The van der Waals surface area contributed by atoms with Crippen LogP contribution in [0.2, 0.25) is 0 Å². The molecule has 1 saturated heterocycles. The lowest BCUT2D eigenvalue weighted by atomic mass is 9.98. The average molecular weight is 473 g/mol. The van der Waals surface area contributed by atoms with Gasteiger partial charge < -0.3 is 19.1 Å². The van der Waals surface area contributed by atoms with Crippen molar-refractivity contribution in [3.63, 3.8) is 0 Å². The fraction of sp³-hybridized carbons (Fsp3) is 0.630. The number of piperidine rings is 1. The van der Waals surface area contributed by atoms with Gasteiger partial charge in [-0.05, 0) is 90.0 Å². The molecule has 0 bridgehead atoms. The minimum Gasteiger partial charge on any atom is -0.493 e. The summed E-state index contributed by atoms with van der Waals surface area (Å²) in [4.78, 5) is 26.8. The van der Waals surface area contributed by atoms with Gasteiger partial charge in [0.15, 0.2) is 0 Å². The van der Waals surface area contributed by atoms with E-state index in [4.69, 9.17) is 14.2 Å². The molecular weight excluding hydrogens is 432 g/mol. The zero-order valence-electron chi connectivity index (χ0n) is 21.9. The van der Waals surface area contributed by atoms with E-state index in [-0.39, 0.29) is 18.1 Å². The molecule has 2 aromatic rings. The molecule has 0 spiro atoms. The Morgan fingerprint density at radius 2 is 1.56 bits per heavy atom. The Hall–Kier alpha value is -2.70. The van der Waals surface area contributed by atoms with Crippen LogP contribution in [0.5, 0.6) is 5.75 Å². The molecule has 1 aliphatic rings. The summed E-state index contributed by atoms with van der Waals surface area (Å²) in [5.74, 6) is 1.41. The van der Waals surface area contributed by atoms with Crippen LogP contribution < -0.4 is 4.74 Å². The number of amides is 1. The molecule has 3 rings (SSSR count). The Morgan fingerprint density at radius 1 is 0.971 bits per heavy atom. The number of aromatic nitrogens is 1. The zero-order valence-corrected chi connectivity index (χ0v) is 21.9. The molecule has 0 radical (unpaired) electrons. The Balaban J connectivity index is 1.66. The number of rotatable bonds is 4. The predicted molar refractivity (Wildman–Crippen MR) is 134 cm³/mol. The summed E-state index contributed by atoms with van der Waals surface area (Å²) in [5.41, 5.74) is 0.855. The largest absolute Gasteiger partial charge is 0.493 e. The van der Waals surface area contributed by atoms with E-state index in [0.29, 0.717) is 25.6 Å². The van der Waals surface area contributed by atoms with Gasteiger partial charge in [0, 0.05) is 24.7 Å². The molecule has 0 saturated carbocycles. The molecule has 1 amide bonds. The van der Waals surface area contributed by atoms with Gasteiger partial charge in [-0.15, -0.1) is 0 Å². The maximum atomic E-state index is 12.8. The van der Waals surface area contributed by atoms with Crippen molar-refractivity contribution in [2.45, 2.75) is 85.4 Å². The van der Waals surface area contributed by atoms with Crippen LogP contribution in [-0.4, -0.2) is 52.6 Å². The lowest BCUT2D eigenvalue weighted by molar-refractivity contribution is 0.0164. The normalized spacial score (nSPS) is 15.6. The van der Waals surface area contributed by atoms with E-state index in [1.54, 1.807) is 9.47 Å². The molecule has 7 heteroatoms. The number of hydrogen-bond donors (Lipinski definition) is 0. The van der Waals surface area contributed by atoms with Crippen LogP contribution in [-0.2, 0) is 9.47 Å². The Morgan fingerprint density at radius 3 is 2.12 bits per heavy atom. The van der Waals surface area contributed by atoms with Gasteiger partial charge in [0.25, 0.3) is 0 Å². The first-order chi connectivity index (χ1) is 15.7. The van der Waals surface area contributed by atoms with Crippen LogP contribution in [0.1, 0.15) is 79.7 Å². The van der Waals surface area contributed by atoms with E-state index < -0.39 is 11.2 Å². The summed E-state index contributed by atoms with van der Waals surface area (Å²) in [6.07, 6.45) is 3.02. The van der Waals surface area contributed by atoms with Crippen molar-refractivity contribution in [3.8, 4) is 5.75 Å². The fourth-order valence-corrected chi connectivity index (χ4v) is 4.07. The predicted octanol–water partition coefficient (Wildman–Crippen LogP) is 6.57. The number of likely N-dealkylation sites (tertiary alicyclic amines) is 1. The highest BCUT2D eigenvalue weighted by molar-refractivity contribution is 5.93. The van der Waals surface area contributed by atoms with E-state index >= 15 is 0 Å². The van der Waals surface area contributed by atoms with Gasteiger partial charge >= 0.3 is 12.2 Å². The van der Waals surface area contributed by atoms with Gasteiger partial charge in [0.05, 0.1) is 12.1 Å². The quantitative estimate of drug-likeness (QED) is 0.503. The van der Waals surface area contributed by atoms with Crippen LogP contribution in [0.25, 0.3) is 10.9 Å². The number of ether oxygens (including phenoxy) is 3. The second-order valence-electron chi connectivity index (χ2n) is 11.5. The molecule has 34 heavy (non-hydrogen) atoms. The van der Waals surface area contributed by atoms with Crippen LogP contribution in [0, 0.1) is 5.92 Å². The van der Waals surface area contributed by atoms with Crippen LogP contribution >= 0.6 is 0 Å². The Bertz CT molecular complexity index is 1020. The first-order valence-electron chi connectivity index (χ1n) is 12.2. The van der Waals surface area contributed by atoms with Crippen molar-refractivity contribution in [2.24, 2.45) is 5.92 Å². The lowest BCUT2D eigenvalue weighted by Gasteiger charge is -2.33. The third-order valence-corrected chi connectivity index (χ3v) is 5.77. The van der Waals surface area contributed by atoms with Crippen molar-refractivity contribution in [1.29, 1.82) is 0 Å². The van der Waals surface area contributed by atoms with E-state index in [9.17, 15) is 9.59 Å². The molecule has 1 fully saturated rings. The zero-order chi connectivity index (χ0) is 25.3. The summed E-state index contributed by atoms with van der Waals surface area (Å²) in [5, 5.41) is 0.998. The highest BCUT2D eigenvalue weighted by atomic mass is 16.6. The molecule has 188 valence electrons. The third kappa shape index (κ3) is 6.67. The van der Waals surface area contributed by atoms with E-state index in [1.165, 1.54) is 0 Å². The summed E-state index contributed by atoms with van der Waals surface area (Å²) in [7, 11) is 0. The highest BCUT2D eigenvalue weighted by Gasteiger charge is 2.27. The molecule has 1 aromatic carbocycles. The van der Waals surface area contributed by atoms with Gasteiger partial charge in [0.2, 0.25) is 0 Å². The molecule has 1 aromatic heterocycles. The fourth-order valence-electron chi connectivity index (χ4n) is 4.07. The monoisotopic (exact) mass is 472 g/mol. The topological polar surface area (TPSA) is 70.0 Å². The number of fused-ring (bicyclic) bond motifs is 1. The summed E-state index contributed by atoms with van der Waals surface area (Å²) >= 11 is 0. The van der Waals surface area contributed by atoms with Gasteiger partial charge in [-0.25, -0.2) is 9.59 Å². The number of nitrogens with zero attached hydrogens (tertiary/aromatic N) is 2. The van der Waals surface area contributed by atoms with E-state index in [1.807, 2.05) is 65.9 Å². The number of carbonyl (C=O) groups excluding carboxylic acids is 2. The number of carbonyl (C=O) groups is 2. The first kappa shape index (κ1) is 25.9. The second-order valence-corrected chi connectivity index (χ2v) is 11.5.